The fraction of sp³-hybridized carbons (Fsp3) is 0.462. The van der Waals surface area contributed by atoms with E-state index in [0.717, 1.165) is 144 Å². The highest BCUT2D eigenvalue weighted by Crippen LogP contribution is 2.56. The zero-order valence-electron chi connectivity index (χ0n) is 69.7. The van der Waals surface area contributed by atoms with Crippen LogP contribution in [-0.2, 0) is 45.1 Å². The van der Waals surface area contributed by atoms with Gasteiger partial charge in [0.2, 0.25) is 0 Å². The number of pyridine rings is 4. The predicted octanol–water partition coefficient (Wildman–Crippen LogP) is 21.9. The average molecular weight is 1550 g/mol. The SMILES string of the molecule is C=CCO[C@H](c1ccnc2ccccc12)[C@@H]1CC2CC[N+]1(Cc1cc(C[N+]34CCC(C[C@H]3[C@H](OCC=C)c3ccnc5ccccc35)C(CC)C4)cc(-c3cc(C[N+]45CCC(C[C@H]4[C@H](OCC=C)c4ccnc6ccccc46)C(CC)C5)cc(C[N+]45CCC(C[C@H]4[C@H](OCC=C)c4ccnc6ccccc46)C(CC)C5)c3)c1)CC2CC. The van der Waals surface area contributed by atoms with Gasteiger partial charge in [0.05, 0.1) is 101 Å². The summed E-state index contributed by atoms with van der Waals surface area (Å²) in [5.74, 6) is 5.05. The number of hydrogen-bond acceptors (Lipinski definition) is 8. The molecule has 12 heteroatoms. The van der Waals surface area contributed by atoms with Gasteiger partial charge in [-0.05, 0) is 168 Å². The van der Waals surface area contributed by atoms with Gasteiger partial charge < -0.3 is 36.9 Å². The van der Waals surface area contributed by atoms with Crippen LogP contribution in [0, 0.1) is 47.3 Å². The number of hydrogen-bond donors (Lipinski definition) is 0. The summed E-state index contributed by atoms with van der Waals surface area (Å²) in [7, 11) is 0. The number of fused-ring (bicyclic) bond motifs is 16. The van der Waals surface area contributed by atoms with Crippen molar-refractivity contribution in [2.75, 3.05) is 78.8 Å². The van der Waals surface area contributed by atoms with Crippen molar-refractivity contribution in [1.82, 2.24) is 19.9 Å². The van der Waals surface area contributed by atoms with E-state index in [-0.39, 0.29) is 48.6 Å². The van der Waals surface area contributed by atoms with Gasteiger partial charge in [-0.1, -0.05) is 125 Å². The minimum absolute atomic E-state index is 0.148. The van der Waals surface area contributed by atoms with Gasteiger partial charge in [0.1, 0.15) is 74.8 Å². The summed E-state index contributed by atoms with van der Waals surface area (Å²) >= 11 is 0. The number of quaternary nitrogens is 4. The summed E-state index contributed by atoms with van der Waals surface area (Å²) in [6, 6.07) is 61.4. The third-order valence-electron chi connectivity index (χ3n) is 31.3. The van der Waals surface area contributed by atoms with E-state index < -0.39 is 0 Å². The topological polar surface area (TPSA) is 88.5 Å². The smallest absolute Gasteiger partial charge is 0.135 e. The zero-order valence-corrected chi connectivity index (χ0v) is 69.7. The van der Waals surface area contributed by atoms with E-state index in [4.69, 9.17) is 38.9 Å². The molecule has 12 nitrogen and oxygen atoms in total. The lowest BCUT2D eigenvalue weighted by atomic mass is 9.69. The van der Waals surface area contributed by atoms with Crippen molar-refractivity contribution in [2.24, 2.45) is 47.3 Å². The number of rotatable bonds is 33. The molecule has 22 rings (SSSR count). The highest BCUT2D eigenvalue weighted by Gasteiger charge is 2.60. The fourth-order valence-corrected chi connectivity index (χ4v) is 26.0. The van der Waals surface area contributed by atoms with Gasteiger partial charge in [-0.3, -0.25) is 19.9 Å². The minimum atomic E-state index is -0.148. The molecule has 0 aliphatic carbocycles. The van der Waals surface area contributed by atoms with Crippen molar-refractivity contribution in [1.29, 1.82) is 0 Å². The lowest BCUT2D eigenvalue weighted by molar-refractivity contribution is -0.986. The van der Waals surface area contributed by atoms with Crippen molar-refractivity contribution in [3.63, 3.8) is 0 Å². The summed E-state index contributed by atoms with van der Waals surface area (Å²) in [4.78, 5) is 19.9. The minimum Gasteiger partial charge on any atom is -0.363 e. The van der Waals surface area contributed by atoms with Gasteiger partial charge in [-0.25, -0.2) is 0 Å². The Balaban J connectivity index is 0.840. The molecule has 12 aliphatic rings. The highest BCUT2D eigenvalue weighted by molar-refractivity contribution is 5.85. The first kappa shape index (κ1) is 78.8. The average Bonchev–Trinajstić information content (AvgIpc) is 0.741. The molecule has 12 fully saturated rings. The Morgan fingerprint density at radius 2 is 0.560 bits per heavy atom. The van der Waals surface area contributed by atoms with Crippen molar-refractivity contribution in [3.05, 3.63) is 278 Å². The van der Waals surface area contributed by atoms with Gasteiger partial charge in [-0.15, -0.1) is 26.3 Å². The monoisotopic (exact) mass is 1550 g/mol. The molecule has 0 radical (unpaired) electrons. The molecule has 0 saturated carbocycles. The van der Waals surface area contributed by atoms with Gasteiger partial charge >= 0.3 is 0 Å². The number of benzene rings is 6. The molecule has 12 aliphatic heterocycles. The normalized spacial score (nSPS) is 30.2. The zero-order chi connectivity index (χ0) is 79.1. The van der Waals surface area contributed by atoms with Crippen LogP contribution in [0.15, 0.2) is 233 Å². The van der Waals surface area contributed by atoms with Crippen LogP contribution < -0.4 is 0 Å². The standard InChI is InChI=1S/C104H126N8O4/c1-9-49-113-101(89-33-41-105-93-29-21-17-25-85(89)93)97-59-79-37-45-109(97,67-75(79)13-5)63-71-53-72(64-110-46-38-80(76(14-6)68-110)60-98(110)102(114-50-10-2)90-34-42-106-94-30-22-18-26-86(90)94)56-83(55-71)84-57-73(65-111-47-39-81(77(15-7)69-111)61-99(111)103(115-51-11-3)91-35-43-107-95-31-23-19-27-87(91)95)54-74(58-84)66-112-48-40-82(78(16-8)70-112)62-100(112)104(116-52-12-4)92-36-44-108-96-32-24-20-28-88(92)96/h9-12,17-36,41-44,53-58,75-82,97-104H,1-4,13-16,37-40,45-52,59-70H2,5-8H3/q+4/t75?,76?,77?,78?,79?,80?,81?,82?,97-,98-,99-,100-,101+,102+,103+,104+,109?,110?,111?,112?/m0/s1. The first-order chi connectivity index (χ1) is 56.9. The third kappa shape index (κ3) is 14.8. The molecule has 16 heterocycles. The van der Waals surface area contributed by atoms with Gasteiger partial charge in [0.15, 0.2) is 0 Å². The Bertz CT molecular complexity index is 4570. The second kappa shape index (κ2) is 33.8. The first-order valence-electron chi connectivity index (χ1n) is 44.9. The van der Waals surface area contributed by atoms with E-state index in [1.165, 1.54) is 129 Å². The molecular formula is C104H126N8O4+4. The van der Waals surface area contributed by atoms with Crippen molar-refractivity contribution < 1.29 is 36.9 Å². The Morgan fingerprint density at radius 3 is 0.784 bits per heavy atom. The first-order valence-corrected chi connectivity index (χ1v) is 44.9. The number of aromatic nitrogens is 4. The van der Waals surface area contributed by atoms with Crippen LogP contribution in [0.2, 0.25) is 0 Å². The molecule has 0 amide bonds. The van der Waals surface area contributed by atoms with Crippen LogP contribution in [0.25, 0.3) is 54.7 Å². The van der Waals surface area contributed by atoms with Gasteiger partial charge in [0, 0.05) is 144 Å². The van der Waals surface area contributed by atoms with Crippen molar-refractivity contribution >= 4 is 43.6 Å². The summed E-state index contributed by atoms with van der Waals surface area (Å²) < 4.78 is 33.5. The maximum absolute atomic E-state index is 7.38. The largest absolute Gasteiger partial charge is 0.363 e. The predicted molar refractivity (Wildman–Crippen MR) is 470 cm³/mol. The summed E-state index contributed by atoms with van der Waals surface area (Å²) in [6.45, 7) is 41.7. The van der Waals surface area contributed by atoms with Crippen molar-refractivity contribution in [3.8, 4) is 11.1 Å². The van der Waals surface area contributed by atoms with Crippen LogP contribution >= 0.6 is 0 Å². The van der Waals surface area contributed by atoms with Crippen LogP contribution in [-0.4, -0.2) is 141 Å². The Morgan fingerprint density at radius 1 is 0.328 bits per heavy atom. The molecular weight excluding hydrogens is 1430 g/mol. The second-order valence-electron chi connectivity index (χ2n) is 37.1. The number of piperidine rings is 12. The number of nitrogens with zero attached hydrogens (tertiary/aromatic N) is 8. The third-order valence-corrected chi connectivity index (χ3v) is 31.3. The van der Waals surface area contributed by atoms with E-state index in [1.54, 1.807) is 0 Å². The van der Waals surface area contributed by atoms with Crippen molar-refractivity contribution in [2.45, 2.75) is 180 Å². The van der Waals surface area contributed by atoms with E-state index in [2.05, 4.69) is 212 Å². The van der Waals surface area contributed by atoms with E-state index in [0.29, 0.717) is 73.8 Å². The molecule has 8 bridgehead atoms. The van der Waals surface area contributed by atoms with Crippen LogP contribution in [0.3, 0.4) is 0 Å². The summed E-state index contributed by atoms with van der Waals surface area (Å²) in [6.07, 6.45) is 29.5. The lowest BCUT2D eigenvalue weighted by Gasteiger charge is -2.59. The number of ether oxygens (including phenoxy) is 4. The molecule has 4 aromatic heterocycles. The fourth-order valence-electron chi connectivity index (χ4n) is 26.0. The van der Waals surface area contributed by atoms with Crippen LogP contribution in [0.1, 0.15) is 174 Å². The van der Waals surface area contributed by atoms with E-state index in [9.17, 15) is 0 Å². The van der Waals surface area contributed by atoms with Gasteiger partial charge in [-0.2, -0.15) is 0 Å². The van der Waals surface area contributed by atoms with Crippen LogP contribution in [0.4, 0.5) is 0 Å². The van der Waals surface area contributed by atoms with E-state index in [1.807, 2.05) is 49.1 Å². The summed E-state index contributed by atoms with van der Waals surface area (Å²) in [5, 5.41) is 4.76. The molecule has 0 N–H and O–H groups in total. The molecule has 6 aromatic carbocycles. The maximum Gasteiger partial charge on any atom is 0.135 e. The molecule has 20 atom stereocenters. The Hall–Kier alpha value is -8.40. The lowest BCUT2D eigenvalue weighted by Crippen LogP contribution is -2.68. The highest BCUT2D eigenvalue weighted by atomic mass is 16.5. The molecule has 0 spiro atoms. The molecule has 602 valence electrons. The quantitative estimate of drug-likeness (QED) is 0.0297. The Kier molecular flexibility index (Phi) is 22.9. The molecule has 12 unspecified atom stereocenters. The maximum atomic E-state index is 7.38. The summed E-state index contributed by atoms with van der Waals surface area (Å²) in [5.41, 5.74) is 17.5. The second-order valence-corrected chi connectivity index (χ2v) is 37.1. The molecule has 116 heavy (non-hydrogen) atoms. The molecule has 12 saturated heterocycles. The Labute approximate surface area is 690 Å². The molecule has 10 aromatic rings. The number of para-hydroxylation sites is 4. The van der Waals surface area contributed by atoms with Crippen LogP contribution in [0.5, 0.6) is 0 Å². The van der Waals surface area contributed by atoms with Gasteiger partial charge in [0.25, 0.3) is 0 Å². The van der Waals surface area contributed by atoms with E-state index >= 15 is 0 Å².